The molecule has 4 heteroatoms. The summed E-state index contributed by atoms with van der Waals surface area (Å²) in [4.78, 5) is 0. The van der Waals surface area contributed by atoms with Crippen molar-refractivity contribution in [3.63, 3.8) is 0 Å². The zero-order chi connectivity index (χ0) is 14.6. The Bertz CT molecular complexity index is 357. The standard InChI is InChI=1S/C16H27NO3/c1-4-17-13-16(15-7-5-6-14(2)12-15)20-11-10-19-9-8-18-3/h5-7,12,16-17H,4,8-11,13H2,1-3H3. The van der Waals surface area contributed by atoms with Gasteiger partial charge in [0.15, 0.2) is 0 Å². The molecule has 114 valence electrons. The van der Waals surface area contributed by atoms with Crippen LogP contribution in [-0.4, -0.2) is 46.6 Å². The van der Waals surface area contributed by atoms with Gasteiger partial charge in [-0.05, 0) is 19.0 Å². The summed E-state index contributed by atoms with van der Waals surface area (Å²) in [5.41, 5.74) is 2.46. The number of hydrogen-bond acceptors (Lipinski definition) is 4. The van der Waals surface area contributed by atoms with Gasteiger partial charge in [0.2, 0.25) is 0 Å². The Hall–Kier alpha value is -0.940. The summed E-state index contributed by atoms with van der Waals surface area (Å²) >= 11 is 0. The number of benzene rings is 1. The molecule has 1 atom stereocenters. The maximum atomic E-state index is 5.94. The first-order chi connectivity index (χ1) is 9.77. The Morgan fingerprint density at radius 2 is 1.95 bits per heavy atom. The van der Waals surface area contributed by atoms with Crippen LogP contribution in [0, 0.1) is 6.92 Å². The third kappa shape index (κ3) is 7.01. The summed E-state index contributed by atoms with van der Waals surface area (Å²) in [6, 6.07) is 8.46. The molecule has 0 aliphatic rings. The van der Waals surface area contributed by atoms with Crippen LogP contribution >= 0.6 is 0 Å². The molecule has 0 saturated heterocycles. The minimum absolute atomic E-state index is 0.0703. The third-order valence-corrected chi connectivity index (χ3v) is 2.97. The molecule has 0 fully saturated rings. The molecule has 0 radical (unpaired) electrons. The number of aryl methyl sites for hydroxylation is 1. The van der Waals surface area contributed by atoms with Crippen LogP contribution < -0.4 is 5.32 Å². The van der Waals surface area contributed by atoms with Gasteiger partial charge >= 0.3 is 0 Å². The molecule has 0 heterocycles. The van der Waals surface area contributed by atoms with Crippen LogP contribution in [0.1, 0.15) is 24.2 Å². The van der Waals surface area contributed by atoms with E-state index in [2.05, 4.69) is 43.4 Å². The fourth-order valence-corrected chi connectivity index (χ4v) is 1.91. The van der Waals surface area contributed by atoms with Gasteiger partial charge in [-0.3, -0.25) is 0 Å². The SMILES string of the molecule is CCNCC(OCCOCCOC)c1cccc(C)c1. The second-order valence-corrected chi connectivity index (χ2v) is 4.69. The van der Waals surface area contributed by atoms with Gasteiger partial charge in [0.25, 0.3) is 0 Å². The number of nitrogens with one attached hydrogen (secondary N) is 1. The largest absolute Gasteiger partial charge is 0.382 e. The van der Waals surface area contributed by atoms with E-state index in [1.807, 2.05) is 0 Å². The number of methoxy groups -OCH3 is 1. The third-order valence-electron chi connectivity index (χ3n) is 2.97. The van der Waals surface area contributed by atoms with Crippen LogP contribution in [0.4, 0.5) is 0 Å². The number of ether oxygens (including phenoxy) is 3. The molecule has 0 bridgehead atoms. The number of rotatable bonds is 11. The second-order valence-electron chi connectivity index (χ2n) is 4.69. The summed E-state index contributed by atoms with van der Waals surface area (Å²) < 4.78 is 16.3. The molecule has 1 unspecified atom stereocenters. The average molecular weight is 281 g/mol. The van der Waals surface area contributed by atoms with E-state index < -0.39 is 0 Å². The van der Waals surface area contributed by atoms with Crippen molar-refractivity contribution in [1.29, 1.82) is 0 Å². The molecule has 0 saturated carbocycles. The molecule has 1 aromatic rings. The maximum absolute atomic E-state index is 5.94. The van der Waals surface area contributed by atoms with Crippen LogP contribution in [0.3, 0.4) is 0 Å². The summed E-state index contributed by atoms with van der Waals surface area (Å²) in [7, 11) is 1.67. The van der Waals surface area contributed by atoms with E-state index in [1.165, 1.54) is 11.1 Å². The number of likely N-dealkylation sites (N-methyl/N-ethyl adjacent to an activating group) is 1. The molecule has 0 aliphatic carbocycles. The molecular formula is C16H27NO3. The fraction of sp³-hybridized carbons (Fsp3) is 0.625. The van der Waals surface area contributed by atoms with Gasteiger partial charge in [0.1, 0.15) is 0 Å². The topological polar surface area (TPSA) is 39.7 Å². The lowest BCUT2D eigenvalue weighted by molar-refractivity contribution is -0.00672. The zero-order valence-corrected chi connectivity index (χ0v) is 12.9. The summed E-state index contributed by atoms with van der Waals surface area (Å²) in [6.45, 7) is 8.38. The van der Waals surface area contributed by atoms with Crippen molar-refractivity contribution in [2.24, 2.45) is 0 Å². The van der Waals surface area contributed by atoms with Crippen LogP contribution in [-0.2, 0) is 14.2 Å². The van der Waals surface area contributed by atoms with E-state index in [4.69, 9.17) is 14.2 Å². The Labute approximate surface area is 122 Å². The van der Waals surface area contributed by atoms with Gasteiger partial charge in [-0.2, -0.15) is 0 Å². The molecule has 0 aromatic heterocycles. The van der Waals surface area contributed by atoms with E-state index >= 15 is 0 Å². The van der Waals surface area contributed by atoms with Gasteiger partial charge in [-0.25, -0.2) is 0 Å². The van der Waals surface area contributed by atoms with Crippen LogP contribution in [0.15, 0.2) is 24.3 Å². The van der Waals surface area contributed by atoms with Crippen molar-refractivity contribution in [3.05, 3.63) is 35.4 Å². The molecule has 20 heavy (non-hydrogen) atoms. The van der Waals surface area contributed by atoms with Crippen molar-refractivity contribution < 1.29 is 14.2 Å². The molecule has 0 amide bonds. The summed E-state index contributed by atoms with van der Waals surface area (Å²) in [5, 5.41) is 3.34. The summed E-state index contributed by atoms with van der Waals surface area (Å²) in [5.74, 6) is 0. The smallest absolute Gasteiger partial charge is 0.0950 e. The van der Waals surface area contributed by atoms with Crippen molar-refractivity contribution in [2.45, 2.75) is 20.0 Å². The van der Waals surface area contributed by atoms with E-state index in [9.17, 15) is 0 Å². The molecule has 1 aromatic carbocycles. The Balaban J connectivity index is 2.40. The van der Waals surface area contributed by atoms with Gasteiger partial charge in [-0.1, -0.05) is 36.8 Å². The monoisotopic (exact) mass is 281 g/mol. The number of hydrogen-bond donors (Lipinski definition) is 1. The first-order valence-electron chi connectivity index (χ1n) is 7.23. The molecule has 1 rings (SSSR count). The van der Waals surface area contributed by atoms with Crippen LogP contribution in [0.5, 0.6) is 0 Å². The zero-order valence-electron chi connectivity index (χ0n) is 12.9. The first-order valence-corrected chi connectivity index (χ1v) is 7.23. The first kappa shape index (κ1) is 17.1. The molecule has 1 N–H and O–H groups in total. The molecule has 0 aliphatic heterocycles. The van der Waals surface area contributed by atoms with Gasteiger partial charge in [0, 0.05) is 13.7 Å². The van der Waals surface area contributed by atoms with Crippen molar-refractivity contribution in [3.8, 4) is 0 Å². The van der Waals surface area contributed by atoms with E-state index in [0.717, 1.165) is 13.1 Å². The average Bonchev–Trinajstić information content (AvgIpc) is 2.45. The quantitative estimate of drug-likeness (QED) is 0.632. The van der Waals surface area contributed by atoms with Gasteiger partial charge in [0.05, 0.1) is 32.5 Å². The highest BCUT2D eigenvalue weighted by Crippen LogP contribution is 2.17. The Morgan fingerprint density at radius 3 is 2.65 bits per heavy atom. The van der Waals surface area contributed by atoms with Gasteiger partial charge in [-0.15, -0.1) is 0 Å². The molecule has 4 nitrogen and oxygen atoms in total. The van der Waals surface area contributed by atoms with Crippen LogP contribution in [0.25, 0.3) is 0 Å². The lowest BCUT2D eigenvalue weighted by Crippen LogP contribution is -2.24. The normalized spacial score (nSPS) is 12.6. The highest BCUT2D eigenvalue weighted by molar-refractivity contribution is 5.24. The molecular weight excluding hydrogens is 254 g/mol. The minimum atomic E-state index is 0.0703. The van der Waals surface area contributed by atoms with E-state index in [-0.39, 0.29) is 6.10 Å². The minimum Gasteiger partial charge on any atom is -0.382 e. The lowest BCUT2D eigenvalue weighted by Gasteiger charge is -2.19. The van der Waals surface area contributed by atoms with Gasteiger partial charge < -0.3 is 19.5 Å². The van der Waals surface area contributed by atoms with E-state index in [0.29, 0.717) is 26.4 Å². The van der Waals surface area contributed by atoms with Crippen molar-refractivity contribution in [1.82, 2.24) is 5.32 Å². The Kier molecular flexibility index (Phi) is 9.24. The highest BCUT2D eigenvalue weighted by atomic mass is 16.5. The Morgan fingerprint density at radius 1 is 1.15 bits per heavy atom. The lowest BCUT2D eigenvalue weighted by atomic mass is 10.1. The van der Waals surface area contributed by atoms with E-state index in [1.54, 1.807) is 7.11 Å². The second kappa shape index (κ2) is 10.8. The summed E-state index contributed by atoms with van der Waals surface area (Å²) in [6.07, 6.45) is 0.0703. The molecule has 0 spiro atoms. The predicted octanol–water partition coefficient (Wildman–Crippen LogP) is 2.33. The van der Waals surface area contributed by atoms with Crippen molar-refractivity contribution >= 4 is 0 Å². The predicted molar refractivity (Wildman–Crippen MR) is 81.1 cm³/mol. The highest BCUT2D eigenvalue weighted by Gasteiger charge is 2.11. The van der Waals surface area contributed by atoms with Crippen molar-refractivity contribution in [2.75, 3.05) is 46.6 Å². The van der Waals surface area contributed by atoms with Crippen LogP contribution in [0.2, 0.25) is 0 Å². The fourth-order valence-electron chi connectivity index (χ4n) is 1.91. The maximum Gasteiger partial charge on any atom is 0.0950 e.